The minimum absolute atomic E-state index is 0.338. The summed E-state index contributed by atoms with van der Waals surface area (Å²) in [6.07, 6.45) is 10.1. The van der Waals surface area contributed by atoms with Gasteiger partial charge in [-0.3, -0.25) is 4.98 Å². The number of hydrogen-bond donors (Lipinski definition) is 1. The molecule has 1 N–H and O–H groups in total. The van der Waals surface area contributed by atoms with Gasteiger partial charge in [0.25, 0.3) is 0 Å². The molecule has 0 bridgehead atoms. The highest BCUT2D eigenvalue weighted by atomic mass is 14.9. The van der Waals surface area contributed by atoms with Crippen LogP contribution in [0, 0.1) is 19.3 Å². The van der Waals surface area contributed by atoms with E-state index in [1.807, 2.05) is 19.2 Å². The first kappa shape index (κ1) is 12.7. The summed E-state index contributed by atoms with van der Waals surface area (Å²) < 4.78 is 0. The second-order valence-corrected chi connectivity index (χ2v) is 3.93. The lowest BCUT2D eigenvalue weighted by molar-refractivity contribution is 0.502. The molecule has 0 saturated carbocycles. The van der Waals surface area contributed by atoms with Crippen molar-refractivity contribution in [1.29, 1.82) is 0 Å². The van der Waals surface area contributed by atoms with Crippen molar-refractivity contribution >= 4 is 0 Å². The highest BCUT2D eigenvalue weighted by molar-refractivity contribution is 5.22. The van der Waals surface area contributed by atoms with Crippen molar-refractivity contribution in [1.82, 2.24) is 10.3 Å². The van der Waals surface area contributed by atoms with E-state index >= 15 is 0 Å². The summed E-state index contributed by atoms with van der Waals surface area (Å²) in [5, 5.41) is 3.53. The molecule has 0 radical (unpaired) electrons. The standard InChI is InChI=1S/C14H20N2/c1-4-6-9-14(16-10-5-2)13-8-7-11-15-12(13)3/h1,7-8,11,14,16H,5-6,9-10H2,2-3H3. The Bertz CT molecular complexity index is 352. The second kappa shape index (κ2) is 7.03. The Hall–Kier alpha value is -1.33. The summed E-state index contributed by atoms with van der Waals surface area (Å²) in [6.45, 7) is 5.23. The number of nitrogens with one attached hydrogen (secondary N) is 1. The highest BCUT2D eigenvalue weighted by Crippen LogP contribution is 2.20. The van der Waals surface area contributed by atoms with E-state index < -0.39 is 0 Å². The van der Waals surface area contributed by atoms with Gasteiger partial charge >= 0.3 is 0 Å². The van der Waals surface area contributed by atoms with Crippen molar-refractivity contribution in [3.63, 3.8) is 0 Å². The van der Waals surface area contributed by atoms with Crippen LogP contribution in [0.15, 0.2) is 18.3 Å². The molecule has 86 valence electrons. The molecule has 2 nitrogen and oxygen atoms in total. The van der Waals surface area contributed by atoms with E-state index in [-0.39, 0.29) is 0 Å². The van der Waals surface area contributed by atoms with E-state index in [1.165, 1.54) is 5.56 Å². The van der Waals surface area contributed by atoms with Gasteiger partial charge in [0.2, 0.25) is 0 Å². The van der Waals surface area contributed by atoms with E-state index in [2.05, 4.69) is 29.2 Å². The maximum Gasteiger partial charge on any atom is 0.0420 e. The summed E-state index contributed by atoms with van der Waals surface area (Å²) in [7, 11) is 0. The zero-order valence-electron chi connectivity index (χ0n) is 10.2. The summed E-state index contributed by atoms with van der Waals surface area (Å²) in [5.74, 6) is 2.70. The first-order valence-electron chi connectivity index (χ1n) is 5.88. The topological polar surface area (TPSA) is 24.9 Å². The van der Waals surface area contributed by atoms with Crippen molar-refractivity contribution in [2.75, 3.05) is 6.54 Å². The maximum atomic E-state index is 5.33. The molecular formula is C14H20N2. The van der Waals surface area contributed by atoms with Crippen molar-refractivity contribution in [2.45, 2.75) is 39.2 Å². The number of pyridine rings is 1. The molecule has 0 saturated heterocycles. The number of terminal acetylenes is 1. The number of rotatable bonds is 6. The first-order chi connectivity index (χ1) is 7.79. The molecule has 0 aliphatic carbocycles. The lowest BCUT2D eigenvalue weighted by Crippen LogP contribution is -2.23. The molecule has 1 heterocycles. The molecule has 2 heteroatoms. The third-order valence-corrected chi connectivity index (χ3v) is 2.64. The zero-order valence-corrected chi connectivity index (χ0v) is 10.2. The quantitative estimate of drug-likeness (QED) is 0.740. The second-order valence-electron chi connectivity index (χ2n) is 3.93. The molecule has 0 aliphatic heterocycles. The minimum atomic E-state index is 0.338. The number of aromatic nitrogens is 1. The summed E-state index contributed by atoms with van der Waals surface area (Å²) in [6, 6.07) is 4.45. The van der Waals surface area contributed by atoms with Crippen LogP contribution in [0.4, 0.5) is 0 Å². The fourth-order valence-corrected chi connectivity index (χ4v) is 1.78. The van der Waals surface area contributed by atoms with Gasteiger partial charge in [0.05, 0.1) is 0 Å². The molecule has 1 rings (SSSR count). The van der Waals surface area contributed by atoms with Crippen molar-refractivity contribution in [3.05, 3.63) is 29.6 Å². The molecule has 1 atom stereocenters. The number of nitrogens with zero attached hydrogens (tertiary/aromatic N) is 1. The molecular weight excluding hydrogens is 196 g/mol. The molecule has 1 aromatic rings. The Morgan fingerprint density at radius 2 is 2.38 bits per heavy atom. The lowest BCUT2D eigenvalue weighted by Gasteiger charge is -2.19. The first-order valence-corrected chi connectivity index (χ1v) is 5.88. The van der Waals surface area contributed by atoms with Gasteiger partial charge in [0.1, 0.15) is 0 Å². The van der Waals surface area contributed by atoms with E-state index in [1.54, 1.807) is 0 Å². The van der Waals surface area contributed by atoms with Gasteiger partial charge in [0, 0.05) is 24.4 Å². The molecule has 0 aliphatic rings. The minimum Gasteiger partial charge on any atom is -0.310 e. The Morgan fingerprint density at radius 3 is 3.00 bits per heavy atom. The van der Waals surface area contributed by atoms with Gasteiger partial charge in [0.15, 0.2) is 0 Å². The normalized spacial score (nSPS) is 12.1. The van der Waals surface area contributed by atoms with E-state index in [0.29, 0.717) is 6.04 Å². The predicted octanol–water partition coefficient (Wildman–Crippen LogP) is 2.84. The van der Waals surface area contributed by atoms with E-state index in [9.17, 15) is 0 Å². The molecule has 0 spiro atoms. The van der Waals surface area contributed by atoms with Crippen LogP contribution in [-0.4, -0.2) is 11.5 Å². The molecule has 0 aromatic carbocycles. The SMILES string of the molecule is C#CCCC(NCCC)c1cccnc1C. The fraction of sp³-hybridized carbons (Fsp3) is 0.500. The van der Waals surface area contributed by atoms with Crippen LogP contribution in [0.25, 0.3) is 0 Å². The van der Waals surface area contributed by atoms with Crippen molar-refractivity contribution in [3.8, 4) is 12.3 Å². The number of aryl methyl sites for hydroxylation is 1. The third kappa shape index (κ3) is 3.67. The zero-order chi connectivity index (χ0) is 11.8. The van der Waals surface area contributed by atoms with Crippen LogP contribution < -0.4 is 5.32 Å². The smallest absolute Gasteiger partial charge is 0.0420 e. The van der Waals surface area contributed by atoms with E-state index in [0.717, 1.165) is 31.5 Å². The van der Waals surface area contributed by atoms with Crippen molar-refractivity contribution < 1.29 is 0 Å². The molecule has 0 amide bonds. The van der Waals surface area contributed by atoms with Crippen molar-refractivity contribution in [2.24, 2.45) is 0 Å². The number of hydrogen-bond acceptors (Lipinski definition) is 2. The molecule has 1 aromatic heterocycles. The van der Waals surface area contributed by atoms with Crippen LogP contribution in [0.3, 0.4) is 0 Å². The fourth-order valence-electron chi connectivity index (χ4n) is 1.78. The average Bonchev–Trinajstić information content (AvgIpc) is 2.31. The van der Waals surface area contributed by atoms with E-state index in [4.69, 9.17) is 6.42 Å². The summed E-state index contributed by atoms with van der Waals surface area (Å²) in [5.41, 5.74) is 2.36. The van der Waals surface area contributed by atoms with Gasteiger partial charge in [-0.1, -0.05) is 13.0 Å². The van der Waals surface area contributed by atoms with Gasteiger partial charge in [-0.15, -0.1) is 12.3 Å². The summed E-state index contributed by atoms with van der Waals surface area (Å²) in [4.78, 5) is 4.32. The van der Waals surface area contributed by atoms with Crippen LogP contribution in [-0.2, 0) is 0 Å². The van der Waals surface area contributed by atoms with Crippen LogP contribution in [0.5, 0.6) is 0 Å². The maximum absolute atomic E-state index is 5.33. The average molecular weight is 216 g/mol. The Morgan fingerprint density at radius 1 is 1.56 bits per heavy atom. The van der Waals surface area contributed by atoms with Gasteiger partial charge in [-0.25, -0.2) is 0 Å². The highest BCUT2D eigenvalue weighted by Gasteiger charge is 2.12. The molecule has 0 fully saturated rings. The third-order valence-electron chi connectivity index (χ3n) is 2.64. The van der Waals surface area contributed by atoms with Crippen LogP contribution in [0.2, 0.25) is 0 Å². The largest absolute Gasteiger partial charge is 0.310 e. The van der Waals surface area contributed by atoms with Gasteiger partial charge < -0.3 is 5.32 Å². The molecule has 16 heavy (non-hydrogen) atoms. The summed E-state index contributed by atoms with van der Waals surface area (Å²) >= 11 is 0. The monoisotopic (exact) mass is 216 g/mol. The predicted molar refractivity (Wildman–Crippen MR) is 68.1 cm³/mol. The van der Waals surface area contributed by atoms with Crippen LogP contribution >= 0.6 is 0 Å². The Balaban J connectivity index is 2.75. The lowest BCUT2D eigenvalue weighted by atomic mass is 10.0. The Kier molecular flexibility index (Phi) is 5.60. The van der Waals surface area contributed by atoms with Gasteiger partial charge in [-0.2, -0.15) is 0 Å². The molecule has 1 unspecified atom stereocenters. The Labute approximate surface area is 98.5 Å². The van der Waals surface area contributed by atoms with Gasteiger partial charge in [-0.05, 0) is 37.9 Å². The van der Waals surface area contributed by atoms with Crippen LogP contribution in [0.1, 0.15) is 43.5 Å².